The Kier molecular flexibility index (Phi) is 2.92. The van der Waals surface area contributed by atoms with Crippen molar-refractivity contribution in [2.45, 2.75) is 6.85 Å². The van der Waals surface area contributed by atoms with Crippen LogP contribution in [0.4, 0.5) is 21.5 Å². The highest BCUT2D eigenvalue weighted by Crippen LogP contribution is 2.36. The molecule has 3 rings (SSSR count). The smallest absolute Gasteiger partial charge is 0.248 e. The van der Waals surface area contributed by atoms with Gasteiger partial charge in [-0.2, -0.15) is 5.26 Å². The second-order valence-corrected chi connectivity index (χ2v) is 6.06. The lowest BCUT2D eigenvalue weighted by Crippen LogP contribution is -2.13. The van der Waals surface area contributed by atoms with E-state index in [9.17, 15) is 14.4 Å². The lowest BCUT2D eigenvalue weighted by molar-refractivity contribution is -0.111. The minimum Gasteiger partial charge on any atom is -0.492 e. The van der Waals surface area contributed by atoms with E-state index in [4.69, 9.17) is 43.8 Å². The third kappa shape index (κ3) is 5.98. The number of rotatable bonds is 8. The van der Waals surface area contributed by atoms with Gasteiger partial charge in [-0.25, -0.2) is 4.39 Å². The topological polar surface area (TPSA) is 90.3 Å². The molecule has 1 amide bonds. The van der Waals surface area contributed by atoms with Crippen LogP contribution in [0.15, 0.2) is 48.5 Å². The average Bonchev–Trinajstić information content (AvgIpc) is 2.98. The number of nitrogens with zero attached hydrogens (tertiary/aromatic N) is 3. The summed E-state index contributed by atoms with van der Waals surface area (Å²) in [7, 11) is 0. The standard InChI is InChI=1S/C24H23ClFN5O2/c1-4-33-22-12-20-17(11-21(22)30-23(32)6-5-9-31(2)3)24(15(13-27)14-28-20)29-16-7-8-19(26)18(25)10-16/h5-8,10-12,14H,4,9H2,1-3H3,(H,28,29)(H,30,32)/b6-5+/i1D3,2D3,3D3,4D2,6D,7D,8D,9D2,10D,11D,12D,14D. The summed E-state index contributed by atoms with van der Waals surface area (Å²) in [6.07, 6.45) is -1.02. The fraction of sp³-hybridized carbons (Fsp3) is 0.208. The first-order valence-electron chi connectivity index (χ1n) is 18.4. The van der Waals surface area contributed by atoms with Crippen molar-refractivity contribution in [1.29, 1.82) is 5.26 Å². The number of benzene rings is 2. The number of hydrogen-bond donors (Lipinski definition) is 2. The summed E-state index contributed by atoms with van der Waals surface area (Å²) >= 11 is 5.80. The number of likely N-dealkylation sites (N-methyl/N-ethyl adjacent to an activating group) is 1. The van der Waals surface area contributed by atoms with Crippen molar-refractivity contribution in [1.82, 2.24) is 9.88 Å². The van der Waals surface area contributed by atoms with Crippen molar-refractivity contribution in [2.24, 2.45) is 0 Å². The Balaban J connectivity index is 2.46. The Morgan fingerprint density at radius 3 is 3.09 bits per heavy atom. The molecule has 0 saturated carbocycles. The van der Waals surface area contributed by atoms with Crippen molar-refractivity contribution in [3.8, 4) is 11.8 Å². The molecule has 0 bridgehead atoms. The highest BCUT2D eigenvalue weighted by Gasteiger charge is 2.15. The summed E-state index contributed by atoms with van der Waals surface area (Å²) in [5.74, 6) is -4.56. The molecule has 0 aliphatic carbocycles. The number of carbonyl (C=O) groups is 1. The lowest BCUT2D eigenvalue weighted by Gasteiger charge is -2.16. The number of anilines is 3. The molecule has 0 atom stereocenters. The number of fused-ring (bicyclic) bond motifs is 1. The van der Waals surface area contributed by atoms with Crippen LogP contribution >= 0.6 is 11.6 Å². The molecule has 170 valence electrons. The van der Waals surface area contributed by atoms with E-state index in [1.165, 1.54) is 0 Å². The summed E-state index contributed by atoms with van der Waals surface area (Å²) in [5.41, 5.74) is -4.33. The zero-order chi connectivity index (χ0) is 41.1. The zero-order valence-electron chi connectivity index (χ0n) is 36.0. The predicted molar refractivity (Wildman–Crippen MR) is 129 cm³/mol. The van der Waals surface area contributed by atoms with Gasteiger partial charge in [0.25, 0.3) is 0 Å². The molecule has 0 spiro atoms. The molecule has 3 aromatic rings. The van der Waals surface area contributed by atoms with E-state index in [-0.39, 0.29) is 6.08 Å². The first kappa shape index (κ1) is 8.93. The maximum Gasteiger partial charge on any atom is 0.248 e. The summed E-state index contributed by atoms with van der Waals surface area (Å²) in [6, 6.07) is -5.43. The molecule has 0 saturated heterocycles. The number of aromatic nitrogens is 1. The molecule has 1 heterocycles. The third-order valence-electron chi connectivity index (χ3n) is 3.60. The monoisotopic (exact) mass is 487 g/mol. The number of carbonyl (C=O) groups excluding carboxylic acids is 1. The molecule has 33 heavy (non-hydrogen) atoms. The van der Waals surface area contributed by atoms with Crippen LogP contribution in [0.2, 0.25) is 5.02 Å². The molecule has 0 unspecified atom stereocenters. The van der Waals surface area contributed by atoms with Crippen LogP contribution in [0.5, 0.6) is 5.75 Å². The van der Waals surface area contributed by atoms with Crippen LogP contribution in [0, 0.1) is 17.1 Å². The van der Waals surface area contributed by atoms with Gasteiger partial charge in [0.1, 0.15) is 17.6 Å². The van der Waals surface area contributed by atoms with Gasteiger partial charge in [-0.1, -0.05) is 17.7 Å². The lowest BCUT2D eigenvalue weighted by atomic mass is 10.1. The SMILES string of the molecule is [2H]/C(=C\C([2H])([2H])N(C([2H])([2H])[2H])C([2H])([2H])[2H])C(=O)Nc1c(OC([2H])([2H])C([2H])([2H])[2H])c([2H])c2nc([2H])c(C#N)c(Nc3c([2H])c([2H])c(F)c(Cl)c3[2H])c2c1[2H]. The summed E-state index contributed by atoms with van der Waals surface area (Å²) in [5, 5.41) is 12.3. The quantitative estimate of drug-likeness (QED) is 0.430. The fourth-order valence-electron chi connectivity index (χ4n) is 2.32. The zero-order valence-corrected chi connectivity index (χ0v) is 16.7. The van der Waals surface area contributed by atoms with Gasteiger partial charge in [-0.3, -0.25) is 9.78 Å². The Bertz CT molecular complexity index is 2030. The summed E-state index contributed by atoms with van der Waals surface area (Å²) < 4.78 is 177. The number of pyridine rings is 1. The maximum atomic E-state index is 14.4. The van der Waals surface area contributed by atoms with Crippen LogP contribution in [-0.2, 0) is 4.79 Å². The molecule has 1 aromatic heterocycles. The van der Waals surface area contributed by atoms with E-state index in [1.807, 2.05) is 5.32 Å². The Morgan fingerprint density at radius 2 is 2.33 bits per heavy atom. The van der Waals surface area contributed by atoms with E-state index in [1.54, 1.807) is 6.07 Å². The van der Waals surface area contributed by atoms with Gasteiger partial charge in [0.15, 0.2) is 0 Å². The van der Waals surface area contributed by atoms with Gasteiger partial charge < -0.3 is 20.3 Å². The number of nitrogens with one attached hydrogen (secondary N) is 2. The van der Waals surface area contributed by atoms with E-state index in [0.717, 1.165) is 0 Å². The highest BCUT2D eigenvalue weighted by molar-refractivity contribution is 6.31. The van der Waals surface area contributed by atoms with Crippen molar-refractivity contribution in [3.05, 3.63) is 64.9 Å². The van der Waals surface area contributed by atoms with Crippen LogP contribution in [0.25, 0.3) is 10.9 Å². The second kappa shape index (κ2) is 10.8. The highest BCUT2D eigenvalue weighted by atomic mass is 35.5. The molecule has 0 fully saturated rings. The van der Waals surface area contributed by atoms with E-state index < -0.39 is 137 Å². The number of amides is 1. The summed E-state index contributed by atoms with van der Waals surface area (Å²) in [6.45, 7) is -18.2. The number of nitriles is 1. The maximum absolute atomic E-state index is 14.4. The predicted octanol–water partition coefficient (Wildman–Crippen LogP) is 5.10. The first-order chi connectivity index (χ1) is 23.8. The second-order valence-electron chi connectivity index (χ2n) is 5.68. The van der Waals surface area contributed by atoms with Crippen molar-refractivity contribution in [2.75, 3.05) is 37.6 Å². The van der Waals surface area contributed by atoms with Crippen LogP contribution in [0.1, 0.15) is 39.8 Å². The molecule has 0 radical (unpaired) electrons. The molecule has 0 aliphatic heterocycles. The largest absolute Gasteiger partial charge is 0.492 e. The van der Waals surface area contributed by atoms with Crippen LogP contribution in [-0.4, -0.2) is 42.8 Å². The van der Waals surface area contributed by atoms with E-state index in [2.05, 4.69) is 10.3 Å². The van der Waals surface area contributed by atoms with E-state index in [0.29, 0.717) is 0 Å². The molecule has 2 aromatic carbocycles. The third-order valence-corrected chi connectivity index (χ3v) is 3.86. The minimum atomic E-state index is -3.72. The number of hydrogen-bond acceptors (Lipinski definition) is 6. The van der Waals surface area contributed by atoms with Crippen LogP contribution < -0.4 is 15.4 Å². The molecule has 7 nitrogen and oxygen atoms in total. The fourth-order valence-corrected chi connectivity index (χ4v) is 2.46. The van der Waals surface area contributed by atoms with Gasteiger partial charge in [-0.05, 0) is 45.0 Å². The molecular weight excluding hydrogens is 445 g/mol. The Labute approximate surface area is 224 Å². The van der Waals surface area contributed by atoms with Crippen molar-refractivity contribution >= 4 is 45.5 Å². The Hall–Kier alpha value is -3.67. The van der Waals surface area contributed by atoms with Crippen LogP contribution in [0.3, 0.4) is 0 Å². The van der Waals surface area contributed by atoms with Gasteiger partial charge in [0.05, 0.1) is 46.4 Å². The first-order valence-corrected chi connectivity index (χ1v) is 8.79. The average molecular weight is 488 g/mol. The van der Waals surface area contributed by atoms with E-state index >= 15 is 0 Å². The molecule has 0 aliphatic rings. The van der Waals surface area contributed by atoms with Gasteiger partial charge in [-0.15, -0.1) is 0 Å². The Morgan fingerprint density at radius 1 is 1.48 bits per heavy atom. The van der Waals surface area contributed by atoms with Gasteiger partial charge >= 0.3 is 0 Å². The molecule has 9 heteroatoms. The molecular formula is C24H23ClFN5O2. The number of ether oxygens (including phenoxy) is 1. The summed E-state index contributed by atoms with van der Waals surface area (Å²) in [4.78, 5) is 16.4. The normalized spacial score (nSPS) is 22.2. The molecule has 2 N–H and O–H groups in total. The van der Waals surface area contributed by atoms with Gasteiger partial charge in [0.2, 0.25) is 5.91 Å². The van der Waals surface area contributed by atoms with Crippen molar-refractivity contribution < 1.29 is 41.3 Å². The number of halogens is 2. The van der Waals surface area contributed by atoms with Crippen molar-refractivity contribution in [3.63, 3.8) is 0 Å². The van der Waals surface area contributed by atoms with Gasteiger partial charge in [0, 0.05) is 50.9 Å². The minimum absolute atomic E-state index is 0.0491.